The molecule has 1 saturated carbocycles. The van der Waals surface area contributed by atoms with E-state index in [4.69, 9.17) is 0 Å². The van der Waals surface area contributed by atoms with Crippen LogP contribution < -0.4 is 5.43 Å². The van der Waals surface area contributed by atoms with Crippen molar-refractivity contribution in [2.45, 2.75) is 58.3 Å². The van der Waals surface area contributed by atoms with Crippen molar-refractivity contribution in [1.82, 2.24) is 0 Å². The van der Waals surface area contributed by atoms with Gasteiger partial charge in [-0.1, -0.05) is 32.3 Å². The average molecular weight is 360 g/mol. The SMILES string of the molecule is CCCCCC/C=C1/CCC/C1=N\Nc1ccc([N+](=O)[O-])cc1[N+](=O)[O-]. The van der Waals surface area contributed by atoms with Crippen LogP contribution in [0.3, 0.4) is 0 Å². The zero-order valence-corrected chi connectivity index (χ0v) is 14.9. The molecule has 0 aromatic heterocycles. The van der Waals surface area contributed by atoms with Crippen molar-refractivity contribution in [3.8, 4) is 0 Å². The summed E-state index contributed by atoms with van der Waals surface area (Å²) in [6.07, 6.45) is 10.9. The van der Waals surface area contributed by atoms with Gasteiger partial charge in [0.1, 0.15) is 5.69 Å². The van der Waals surface area contributed by atoms with Gasteiger partial charge in [0.2, 0.25) is 0 Å². The first-order chi connectivity index (χ1) is 12.5. The minimum Gasteiger partial charge on any atom is -0.271 e. The lowest BCUT2D eigenvalue weighted by Gasteiger charge is -2.05. The number of nitrogens with one attached hydrogen (secondary N) is 1. The Bertz CT molecular complexity index is 728. The molecule has 8 nitrogen and oxygen atoms in total. The largest absolute Gasteiger partial charge is 0.301 e. The molecular formula is C18H24N4O4. The summed E-state index contributed by atoms with van der Waals surface area (Å²) >= 11 is 0. The number of nitro benzene ring substituents is 2. The van der Waals surface area contributed by atoms with Gasteiger partial charge in [-0.15, -0.1) is 0 Å². The van der Waals surface area contributed by atoms with Crippen LogP contribution in [0.4, 0.5) is 17.1 Å². The zero-order chi connectivity index (χ0) is 18.9. The number of benzene rings is 1. The summed E-state index contributed by atoms with van der Waals surface area (Å²) in [5.74, 6) is 0. The minimum absolute atomic E-state index is 0.155. The Hall–Kier alpha value is -2.77. The van der Waals surface area contributed by atoms with E-state index in [1.165, 1.54) is 37.0 Å². The van der Waals surface area contributed by atoms with Crippen LogP contribution in [0.2, 0.25) is 0 Å². The molecule has 26 heavy (non-hydrogen) atoms. The van der Waals surface area contributed by atoms with Crippen LogP contribution in [-0.2, 0) is 0 Å². The molecule has 1 N–H and O–H groups in total. The van der Waals surface area contributed by atoms with Gasteiger partial charge in [-0.25, -0.2) is 0 Å². The molecule has 2 rings (SSSR count). The van der Waals surface area contributed by atoms with Gasteiger partial charge in [0.25, 0.3) is 5.69 Å². The summed E-state index contributed by atoms with van der Waals surface area (Å²) in [4.78, 5) is 20.7. The third kappa shape index (κ3) is 5.37. The Balaban J connectivity index is 2.09. The van der Waals surface area contributed by atoms with Gasteiger partial charge in [0, 0.05) is 6.07 Å². The maximum atomic E-state index is 11.2. The van der Waals surface area contributed by atoms with E-state index in [9.17, 15) is 20.2 Å². The molecule has 0 bridgehead atoms. The van der Waals surface area contributed by atoms with Crippen LogP contribution in [0.1, 0.15) is 58.3 Å². The lowest BCUT2D eigenvalue weighted by Crippen LogP contribution is -2.02. The van der Waals surface area contributed by atoms with Gasteiger partial charge in [-0.2, -0.15) is 5.10 Å². The van der Waals surface area contributed by atoms with Crippen LogP contribution in [0.5, 0.6) is 0 Å². The number of nitro groups is 2. The van der Waals surface area contributed by atoms with Gasteiger partial charge >= 0.3 is 5.69 Å². The quantitative estimate of drug-likeness (QED) is 0.362. The topological polar surface area (TPSA) is 111 Å². The number of hydrazone groups is 1. The van der Waals surface area contributed by atoms with Crippen molar-refractivity contribution in [3.05, 3.63) is 50.1 Å². The van der Waals surface area contributed by atoms with Crippen LogP contribution in [0.15, 0.2) is 34.9 Å². The Morgan fingerprint density at radius 2 is 1.96 bits per heavy atom. The number of unbranched alkanes of at least 4 members (excludes halogenated alkanes) is 4. The Labute approximate surface area is 152 Å². The molecular weight excluding hydrogens is 336 g/mol. The Kier molecular flexibility index (Phi) is 7.25. The molecule has 140 valence electrons. The molecule has 0 amide bonds. The van der Waals surface area contributed by atoms with Gasteiger partial charge in [0.05, 0.1) is 21.6 Å². The van der Waals surface area contributed by atoms with Gasteiger partial charge in [-0.05, 0) is 43.7 Å². The number of rotatable bonds is 9. The summed E-state index contributed by atoms with van der Waals surface area (Å²) in [5.41, 5.74) is 4.31. The predicted octanol–water partition coefficient (Wildman–Crippen LogP) is 5.35. The van der Waals surface area contributed by atoms with E-state index in [0.717, 1.165) is 43.9 Å². The van der Waals surface area contributed by atoms with Crippen molar-refractivity contribution in [3.63, 3.8) is 0 Å². The fraction of sp³-hybridized carbons (Fsp3) is 0.500. The highest BCUT2D eigenvalue weighted by molar-refractivity contribution is 6.02. The Morgan fingerprint density at radius 3 is 2.65 bits per heavy atom. The highest BCUT2D eigenvalue weighted by atomic mass is 16.6. The third-order valence-corrected chi connectivity index (χ3v) is 4.38. The molecule has 1 aromatic rings. The number of anilines is 1. The molecule has 1 aliphatic carbocycles. The first kappa shape index (κ1) is 19.6. The number of allylic oxidation sites excluding steroid dienone is 2. The van der Waals surface area contributed by atoms with E-state index in [1.807, 2.05) is 0 Å². The highest BCUT2D eigenvalue weighted by Gasteiger charge is 2.20. The molecule has 0 aliphatic heterocycles. The lowest BCUT2D eigenvalue weighted by molar-refractivity contribution is -0.393. The number of non-ortho nitro benzene ring substituents is 1. The van der Waals surface area contributed by atoms with E-state index in [1.54, 1.807) is 0 Å². The maximum Gasteiger partial charge on any atom is 0.301 e. The fourth-order valence-electron chi connectivity index (χ4n) is 2.95. The van der Waals surface area contributed by atoms with Crippen molar-refractivity contribution in [1.29, 1.82) is 0 Å². The van der Waals surface area contributed by atoms with Crippen LogP contribution >= 0.6 is 0 Å². The van der Waals surface area contributed by atoms with Crippen molar-refractivity contribution < 1.29 is 9.85 Å². The van der Waals surface area contributed by atoms with E-state index in [2.05, 4.69) is 23.5 Å². The highest BCUT2D eigenvalue weighted by Crippen LogP contribution is 2.30. The van der Waals surface area contributed by atoms with Gasteiger partial charge < -0.3 is 0 Å². The molecule has 1 aliphatic rings. The normalized spacial score (nSPS) is 17.0. The van der Waals surface area contributed by atoms with E-state index >= 15 is 0 Å². The minimum atomic E-state index is -0.654. The molecule has 0 unspecified atom stereocenters. The zero-order valence-electron chi connectivity index (χ0n) is 14.9. The first-order valence-electron chi connectivity index (χ1n) is 8.97. The molecule has 1 aromatic carbocycles. The van der Waals surface area contributed by atoms with Gasteiger partial charge in [-0.3, -0.25) is 25.7 Å². The second-order valence-electron chi connectivity index (χ2n) is 6.32. The number of hydrogen-bond acceptors (Lipinski definition) is 6. The lowest BCUT2D eigenvalue weighted by atomic mass is 10.1. The standard InChI is InChI=1S/C18H24N4O4/c1-2-3-4-5-6-8-14-9-7-10-16(14)19-20-17-12-11-15(21(23)24)13-18(17)22(25)26/h8,11-13,20H,2-7,9-10H2,1H3/b14-8-,19-16+. The number of nitrogens with zero attached hydrogens (tertiary/aromatic N) is 3. The maximum absolute atomic E-state index is 11.2. The van der Waals surface area contributed by atoms with Crippen molar-refractivity contribution >= 4 is 22.8 Å². The molecule has 0 saturated heterocycles. The van der Waals surface area contributed by atoms with Crippen molar-refractivity contribution in [2.24, 2.45) is 5.10 Å². The van der Waals surface area contributed by atoms with Gasteiger partial charge in [0.15, 0.2) is 0 Å². The summed E-state index contributed by atoms with van der Waals surface area (Å²) in [6, 6.07) is 3.50. The summed E-state index contributed by atoms with van der Waals surface area (Å²) in [6.45, 7) is 2.18. The molecule has 0 spiro atoms. The monoisotopic (exact) mass is 360 g/mol. The van der Waals surface area contributed by atoms with Crippen LogP contribution in [0.25, 0.3) is 0 Å². The second-order valence-corrected chi connectivity index (χ2v) is 6.32. The average Bonchev–Trinajstić information content (AvgIpc) is 3.06. The first-order valence-corrected chi connectivity index (χ1v) is 8.97. The fourth-order valence-corrected chi connectivity index (χ4v) is 2.95. The van der Waals surface area contributed by atoms with E-state index < -0.39 is 9.85 Å². The molecule has 1 fully saturated rings. The van der Waals surface area contributed by atoms with E-state index in [-0.39, 0.29) is 17.1 Å². The summed E-state index contributed by atoms with van der Waals surface area (Å²) in [5, 5.41) is 26.3. The third-order valence-electron chi connectivity index (χ3n) is 4.38. The smallest absolute Gasteiger partial charge is 0.271 e. The molecule has 0 heterocycles. The van der Waals surface area contributed by atoms with Crippen molar-refractivity contribution in [2.75, 3.05) is 5.43 Å². The second kappa shape index (κ2) is 9.65. The number of hydrogen-bond donors (Lipinski definition) is 1. The molecule has 0 radical (unpaired) electrons. The van der Waals surface area contributed by atoms with Crippen LogP contribution in [0, 0.1) is 20.2 Å². The van der Waals surface area contributed by atoms with Crippen LogP contribution in [-0.4, -0.2) is 15.6 Å². The summed E-state index contributed by atoms with van der Waals surface area (Å²) in [7, 11) is 0. The predicted molar refractivity (Wildman–Crippen MR) is 102 cm³/mol. The van der Waals surface area contributed by atoms with E-state index in [0.29, 0.717) is 0 Å². The molecule has 8 heteroatoms. The Morgan fingerprint density at radius 1 is 1.15 bits per heavy atom. The molecule has 0 atom stereocenters. The summed E-state index contributed by atoms with van der Waals surface area (Å²) < 4.78 is 0.